The molecule has 3 nitrogen and oxygen atoms in total. The van der Waals surface area contributed by atoms with Crippen LogP contribution >= 0.6 is 0 Å². The van der Waals surface area contributed by atoms with Crippen molar-refractivity contribution in [3.63, 3.8) is 0 Å². The van der Waals surface area contributed by atoms with Gasteiger partial charge < -0.3 is 16.0 Å². The van der Waals surface area contributed by atoms with Crippen LogP contribution in [0.3, 0.4) is 0 Å². The predicted octanol–water partition coefficient (Wildman–Crippen LogP) is 5.60. The van der Waals surface area contributed by atoms with E-state index in [0.717, 1.165) is 39.3 Å². The molecule has 0 spiro atoms. The summed E-state index contributed by atoms with van der Waals surface area (Å²) in [6.45, 7) is 18.1. The van der Waals surface area contributed by atoms with Gasteiger partial charge >= 0.3 is 21.7 Å². The van der Waals surface area contributed by atoms with Crippen LogP contribution in [0.5, 0.6) is 0 Å². The van der Waals surface area contributed by atoms with E-state index in [0.29, 0.717) is 0 Å². The van der Waals surface area contributed by atoms with E-state index in [4.69, 9.17) is 0 Å². The number of hydrogen-bond acceptors (Lipinski definition) is 0. The molecule has 0 aliphatic heterocycles. The minimum atomic E-state index is 0. The normalized spacial score (nSPS) is 7.90. The zero-order chi connectivity index (χ0) is 15.9. The maximum Gasteiger partial charge on any atom is 4.00 e. The van der Waals surface area contributed by atoms with E-state index < -0.39 is 0 Å². The summed E-state index contributed by atoms with van der Waals surface area (Å²) < 4.78 is 0. The van der Waals surface area contributed by atoms with E-state index in [1.165, 1.54) is 0 Å². The molecule has 0 amide bonds. The molecule has 21 heavy (non-hydrogen) atoms. The Labute approximate surface area is 148 Å². The monoisotopic (exact) mass is 329 g/mol. The summed E-state index contributed by atoms with van der Waals surface area (Å²) in [7, 11) is 0. The SMILES string of the molecule is CC[N-]CC.CC[N-]CC.CC[N-]CC.[Ti+4].c1cc[cH-]c1. The van der Waals surface area contributed by atoms with Gasteiger partial charge in [0.25, 0.3) is 0 Å². The molecule has 0 radical (unpaired) electrons. The molecular weight excluding hydrogens is 294 g/mol. The maximum atomic E-state index is 3.97. The van der Waals surface area contributed by atoms with E-state index >= 15 is 0 Å². The fraction of sp³-hybridized carbons (Fsp3) is 0.706. The van der Waals surface area contributed by atoms with Gasteiger partial charge in [-0.25, -0.2) is 12.1 Å². The van der Waals surface area contributed by atoms with Gasteiger partial charge in [0.2, 0.25) is 0 Å². The summed E-state index contributed by atoms with van der Waals surface area (Å²) in [6, 6.07) is 10.0. The second-order valence-corrected chi connectivity index (χ2v) is 3.53. The molecule has 0 fully saturated rings. The first-order valence-corrected chi connectivity index (χ1v) is 7.81. The smallest absolute Gasteiger partial charge is 0.663 e. The average molecular weight is 329 g/mol. The molecule has 1 aromatic carbocycles. The van der Waals surface area contributed by atoms with Crippen molar-refractivity contribution in [2.24, 2.45) is 0 Å². The Morgan fingerprint density at radius 3 is 0.857 bits per heavy atom. The summed E-state index contributed by atoms with van der Waals surface area (Å²) in [5.74, 6) is 0. The zero-order valence-corrected chi connectivity index (χ0v) is 16.5. The van der Waals surface area contributed by atoms with E-state index in [-0.39, 0.29) is 21.7 Å². The van der Waals surface area contributed by atoms with Gasteiger partial charge in [-0.2, -0.15) is 57.5 Å². The fourth-order valence-corrected chi connectivity index (χ4v) is 0.992. The van der Waals surface area contributed by atoms with Crippen LogP contribution in [0, 0.1) is 0 Å². The van der Waals surface area contributed by atoms with E-state index in [1.807, 2.05) is 71.9 Å². The van der Waals surface area contributed by atoms with E-state index in [2.05, 4.69) is 16.0 Å². The van der Waals surface area contributed by atoms with Gasteiger partial charge in [-0.05, 0) is 0 Å². The van der Waals surface area contributed by atoms with Crippen molar-refractivity contribution in [2.45, 2.75) is 41.5 Å². The summed E-state index contributed by atoms with van der Waals surface area (Å²) in [5, 5.41) is 11.9. The molecule has 0 aliphatic rings. The van der Waals surface area contributed by atoms with Gasteiger partial charge in [0.15, 0.2) is 0 Å². The van der Waals surface area contributed by atoms with Crippen LogP contribution in [0.1, 0.15) is 41.5 Å². The molecule has 0 unspecified atom stereocenters. The molecule has 0 N–H and O–H groups in total. The minimum Gasteiger partial charge on any atom is -0.663 e. The molecular formula is C17H35N3Ti. The number of rotatable bonds is 6. The van der Waals surface area contributed by atoms with Gasteiger partial charge in [-0.1, -0.05) is 41.5 Å². The first-order valence-electron chi connectivity index (χ1n) is 7.81. The van der Waals surface area contributed by atoms with Crippen LogP contribution in [0.15, 0.2) is 30.3 Å². The van der Waals surface area contributed by atoms with Gasteiger partial charge in [-0.15, -0.1) is 0 Å². The van der Waals surface area contributed by atoms with Crippen molar-refractivity contribution in [3.05, 3.63) is 46.3 Å². The molecule has 4 heteroatoms. The summed E-state index contributed by atoms with van der Waals surface area (Å²) in [4.78, 5) is 0. The predicted molar refractivity (Wildman–Crippen MR) is 95.4 cm³/mol. The van der Waals surface area contributed by atoms with Crippen molar-refractivity contribution in [3.8, 4) is 0 Å². The average Bonchev–Trinajstić information content (AvgIpc) is 3.02. The van der Waals surface area contributed by atoms with Crippen LogP contribution in [0.25, 0.3) is 16.0 Å². The van der Waals surface area contributed by atoms with Gasteiger partial charge in [0.05, 0.1) is 0 Å². The third-order valence-corrected chi connectivity index (χ3v) is 1.90. The van der Waals surface area contributed by atoms with E-state index in [9.17, 15) is 0 Å². The van der Waals surface area contributed by atoms with Crippen LogP contribution in [0.4, 0.5) is 0 Å². The van der Waals surface area contributed by atoms with Gasteiger partial charge in [-0.3, -0.25) is 0 Å². The molecule has 0 atom stereocenters. The van der Waals surface area contributed by atoms with Crippen molar-refractivity contribution in [1.29, 1.82) is 0 Å². The van der Waals surface area contributed by atoms with Gasteiger partial charge in [0, 0.05) is 0 Å². The number of hydrogen-bond donors (Lipinski definition) is 0. The standard InChI is InChI=1S/C5H5.3C4H10N.Ti/c1-2-4-5-3-1;3*1-3-5-4-2;/h1-5H;3*3-4H2,1-2H3;/q4*-1;+4. The molecule has 1 aromatic rings. The van der Waals surface area contributed by atoms with Crippen LogP contribution in [0.2, 0.25) is 0 Å². The van der Waals surface area contributed by atoms with Gasteiger partial charge in [0.1, 0.15) is 0 Å². The first kappa shape index (κ1) is 29.0. The molecule has 0 aliphatic carbocycles. The molecule has 0 bridgehead atoms. The third kappa shape index (κ3) is 53.6. The Kier molecular flexibility index (Phi) is 50.9. The Hall–Kier alpha value is -0.0557. The van der Waals surface area contributed by atoms with Crippen LogP contribution < -0.4 is 0 Å². The Bertz CT molecular complexity index is 154. The molecule has 0 saturated carbocycles. The molecule has 0 aromatic heterocycles. The van der Waals surface area contributed by atoms with Crippen molar-refractivity contribution >= 4 is 0 Å². The fourth-order valence-electron chi connectivity index (χ4n) is 0.992. The van der Waals surface area contributed by atoms with Crippen molar-refractivity contribution < 1.29 is 21.7 Å². The van der Waals surface area contributed by atoms with Crippen LogP contribution in [-0.2, 0) is 21.7 Å². The molecule has 0 heterocycles. The molecule has 0 saturated heterocycles. The second-order valence-electron chi connectivity index (χ2n) is 3.53. The Morgan fingerprint density at radius 1 is 0.571 bits per heavy atom. The summed E-state index contributed by atoms with van der Waals surface area (Å²) in [6.07, 6.45) is 0. The van der Waals surface area contributed by atoms with Crippen LogP contribution in [-0.4, -0.2) is 39.3 Å². The third-order valence-electron chi connectivity index (χ3n) is 1.90. The molecule has 122 valence electrons. The Morgan fingerprint density at radius 2 is 0.810 bits per heavy atom. The Balaban J connectivity index is -0.0000000903. The summed E-state index contributed by atoms with van der Waals surface area (Å²) >= 11 is 0. The first-order chi connectivity index (χ1) is 9.74. The second kappa shape index (κ2) is 36.8. The molecule has 1 rings (SSSR count). The zero-order valence-electron chi connectivity index (χ0n) is 15.0. The summed E-state index contributed by atoms with van der Waals surface area (Å²) in [5.41, 5.74) is 0. The number of nitrogens with zero attached hydrogens (tertiary/aromatic N) is 3. The topological polar surface area (TPSA) is 42.3 Å². The van der Waals surface area contributed by atoms with Crippen molar-refractivity contribution in [2.75, 3.05) is 39.3 Å². The maximum absolute atomic E-state index is 3.97. The quantitative estimate of drug-likeness (QED) is 0.481. The van der Waals surface area contributed by atoms with E-state index in [1.54, 1.807) is 0 Å². The largest absolute Gasteiger partial charge is 4.00 e. The van der Waals surface area contributed by atoms with Crippen molar-refractivity contribution in [1.82, 2.24) is 0 Å². The minimum absolute atomic E-state index is 0.